The lowest BCUT2D eigenvalue weighted by molar-refractivity contribution is 0.0960. The largest absolute Gasteiger partial charge is 0.376 e. The Morgan fingerprint density at radius 2 is 2.19 bits per heavy atom. The summed E-state index contributed by atoms with van der Waals surface area (Å²) in [5.74, 6) is -0.213. The third-order valence-corrected chi connectivity index (χ3v) is 6.14. The van der Waals surface area contributed by atoms with Crippen LogP contribution < -0.4 is 10.9 Å². The van der Waals surface area contributed by atoms with Crippen molar-refractivity contribution in [3.63, 3.8) is 0 Å². The summed E-state index contributed by atoms with van der Waals surface area (Å²) >= 11 is 1.25. The number of thiophene rings is 1. The fourth-order valence-electron chi connectivity index (χ4n) is 3.41. The van der Waals surface area contributed by atoms with Gasteiger partial charge in [0, 0.05) is 12.3 Å². The number of carbonyl (C=O) groups excluding carboxylic acids is 1. The molecule has 1 aliphatic heterocycles. The number of carbonyl (C=O) groups is 1. The Hall–Kier alpha value is -2.51. The average Bonchev–Trinajstić information content (AvgIpc) is 3.27. The Morgan fingerprint density at radius 1 is 1.37 bits per heavy atom. The van der Waals surface area contributed by atoms with Crippen LogP contribution in [0.25, 0.3) is 10.2 Å². The molecule has 27 heavy (non-hydrogen) atoms. The van der Waals surface area contributed by atoms with Crippen LogP contribution in [-0.4, -0.2) is 28.2 Å². The molecule has 1 N–H and O–H groups in total. The first-order valence-corrected chi connectivity index (χ1v) is 9.83. The topological polar surface area (TPSA) is 73.2 Å². The maximum atomic E-state index is 12.9. The van der Waals surface area contributed by atoms with Gasteiger partial charge in [-0.1, -0.05) is 18.2 Å². The van der Waals surface area contributed by atoms with Crippen LogP contribution in [0.2, 0.25) is 0 Å². The molecule has 3 heterocycles. The van der Waals surface area contributed by atoms with E-state index in [1.54, 1.807) is 10.9 Å². The molecule has 0 bridgehead atoms. The zero-order chi connectivity index (χ0) is 19.0. The molecule has 0 spiro atoms. The number of hydrogen-bond acceptors (Lipinski definition) is 5. The molecular weight excluding hydrogens is 362 g/mol. The molecule has 7 heteroatoms. The number of anilines is 1. The smallest absolute Gasteiger partial charge is 0.266 e. The summed E-state index contributed by atoms with van der Waals surface area (Å²) in [4.78, 5) is 31.2. The van der Waals surface area contributed by atoms with E-state index in [1.807, 2.05) is 38.1 Å². The van der Waals surface area contributed by atoms with Crippen LogP contribution in [0.15, 0.2) is 35.4 Å². The number of ether oxygens (including phenoxy) is 1. The molecule has 3 aromatic rings. The number of hydrogen-bond donors (Lipinski definition) is 1. The van der Waals surface area contributed by atoms with Gasteiger partial charge in [0.2, 0.25) is 0 Å². The minimum absolute atomic E-state index is 0.0599. The van der Waals surface area contributed by atoms with E-state index in [-0.39, 0.29) is 17.6 Å². The highest BCUT2D eigenvalue weighted by molar-refractivity contribution is 7.20. The van der Waals surface area contributed by atoms with Gasteiger partial charge in [-0.2, -0.15) is 0 Å². The fourth-order valence-corrected chi connectivity index (χ4v) is 4.44. The third-order valence-electron chi connectivity index (χ3n) is 4.94. The lowest BCUT2D eigenvalue weighted by Gasteiger charge is -2.11. The molecule has 0 radical (unpaired) electrons. The van der Waals surface area contributed by atoms with Crippen LogP contribution in [-0.2, 0) is 11.3 Å². The Balaban J connectivity index is 1.67. The number of para-hydroxylation sites is 1. The van der Waals surface area contributed by atoms with Crippen molar-refractivity contribution in [3.05, 3.63) is 57.0 Å². The maximum absolute atomic E-state index is 12.9. The van der Waals surface area contributed by atoms with Gasteiger partial charge >= 0.3 is 0 Å². The molecular formula is C20H21N3O3S. The van der Waals surface area contributed by atoms with E-state index in [1.165, 1.54) is 11.3 Å². The van der Waals surface area contributed by atoms with E-state index in [4.69, 9.17) is 4.74 Å². The highest BCUT2D eigenvalue weighted by atomic mass is 32.1. The molecule has 1 aromatic carbocycles. The quantitative estimate of drug-likeness (QED) is 0.748. The first kappa shape index (κ1) is 17.9. The van der Waals surface area contributed by atoms with Gasteiger partial charge in [-0.25, -0.2) is 4.98 Å². The SMILES string of the molecule is Cc1ccccc1NC(=O)c1sc2ncn(CC3CCCO3)c(=O)c2c1C. The van der Waals surface area contributed by atoms with Gasteiger partial charge in [0.25, 0.3) is 11.5 Å². The van der Waals surface area contributed by atoms with Crippen molar-refractivity contribution in [3.8, 4) is 0 Å². The number of rotatable bonds is 4. The molecule has 1 aliphatic rings. The monoisotopic (exact) mass is 383 g/mol. The summed E-state index contributed by atoms with van der Waals surface area (Å²) in [5.41, 5.74) is 2.32. The van der Waals surface area contributed by atoms with Crippen LogP contribution in [0.1, 0.15) is 33.6 Å². The van der Waals surface area contributed by atoms with Gasteiger partial charge in [0.15, 0.2) is 0 Å². The van der Waals surface area contributed by atoms with Crippen LogP contribution in [0.4, 0.5) is 5.69 Å². The average molecular weight is 383 g/mol. The van der Waals surface area contributed by atoms with E-state index in [0.29, 0.717) is 27.2 Å². The molecule has 0 saturated carbocycles. The molecule has 4 rings (SSSR count). The van der Waals surface area contributed by atoms with Crippen molar-refractivity contribution in [1.82, 2.24) is 9.55 Å². The van der Waals surface area contributed by atoms with E-state index >= 15 is 0 Å². The van der Waals surface area contributed by atoms with Crippen molar-refractivity contribution in [2.45, 2.75) is 39.3 Å². The van der Waals surface area contributed by atoms with Crippen molar-refractivity contribution in [2.24, 2.45) is 0 Å². The minimum Gasteiger partial charge on any atom is -0.376 e. The number of nitrogens with one attached hydrogen (secondary N) is 1. The first-order chi connectivity index (χ1) is 13.0. The Morgan fingerprint density at radius 3 is 2.93 bits per heavy atom. The fraction of sp³-hybridized carbons (Fsp3) is 0.350. The van der Waals surface area contributed by atoms with E-state index in [0.717, 1.165) is 30.7 Å². The van der Waals surface area contributed by atoms with E-state index in [2.05, 4.69) is 10.3 Å². The Labute approximate surface area is 160 Å². The summed E-state index contributed by atoms with van der Waals surface area (Å²) < 4.78 is 7.22. The Bertz CT molecular complexity index is 1060. The predicted octanol–water partition coefficient (Wildman–Crippen LogP) is 3.51. The zero-order valence-corrected chi connectivity index (χ0v) is 16.1. The normalized spacial score (nSPS) is 16.7. The standard InChI is InChI=1S/C20H21N3O3S/c1-12-6-3-4-8-15(12)22-18(24)17-13(2)16-19(27-17)21-11-23(20(16)25)10-14-7-5-9-26-14/h3-4,6,8,11,14H,5,7,9-10H2,1-2H3,(H,22,24). The summed E-state index contributed by atoms with van der Waals surface area (Å²) in [7, 11) is 0. The Kier molecular flexibility index (Phi) is 4.80. The molecule has 1 unspecified atom stereocenters. The third kappa shape index (κ3) is 3.40. The van der Waals surface area contributed by atoms with E-state index in [9.17, 15) is 9.59 Å². The number of fused-ring (bicyclic) bond motifs is 1. The van der Waals surface area contributed by atoms with Crippen molar-refractivity contribution < 1.29 is 9.53 Å². The second kappa shape index (κ2) is 7.25. The number of nitrogens with zero attached hydrogens (tertiary/aromatic N) is 2. The van der Waals surface area contributed by atoms with Crippen LogP contribution in [0, 0.1) is 13.8 Å². The molecule has 0 aliphatic carbocycles. The molecule has 1 amide bonds. The molecule has 1 saturated heterocycles. The molecule has 140 valence electrons. The number of aryl methyl sites for hydroxylation is 2. The summed E-state index contributed by atoms with van der Waals surface area (Å²) in [6.45, 7) is 5.00. The van der Waals surface area contributed by atoms with E-state index < -0.39 is 0 Å². The zero-order valence-electron chi connectivity index (χ0n) is 15.3. The van der Waals surface area contributed by atoms with Crippen LogP contribution in [0.5, 0.6) is 0 Å². The molecule has 6 nitrogen and oxygen atoms in total. The highest BCUT2D eigenvalue weighted by Crippen LogP contribution is 2.28. The molecule has 1 atom stereocenters. The summed E-state index contributed by atoms with van der Waals surface area (Å²) in [6.07, 6.45) is 3.60. The van der Waals surface area contributed by atoms with Crippen LogP contribution in [0.3, 0.4) is 0 Å². The van der Waals surface area contributed by atoms with Gasteiger partial charge in [-0.15, -0.1) is 11.3 Å². The summed E-state index contributed by atoms with van der Waals surface area (Å²) in [5, 5.41) is 3.46. The van der Waals surface area contributed by atoms with Gasteiger partial charge in [-0.05, 0) is 43.9 Å². The number of amides is 1. The molecule has 1 fully saturated rings. The van der Waals surface area contributed by atoms with Crippen molar-refractivity contribution in [1.29, 1.82) is 0 Å². The van der Waals surface area contributed by atoms with Gasteiger partial charge in [-0.3, -0.25) is 14.2 Å². The predicted molar refractivity (Wildman–Crippen MR) is 107 cm³/mol. The van der Waals surface area contributed by atoms with Crippen LogP contribution >= 0.6 is 11.3 Å². The van der Waals surface area contributed by atoms with Gasteiger partial charge < -0.3 is 10.1 Å². The van der Waals surface area contributed by atoms with Crippen molar-refractivity contribution in [2.75, 3.05) is 11.9 Å². The first-order valence-electron chi connectivity index (χ1n) is 9.01. The maximum Gasteiger partial charge on any atom is 0.266 e. The highest BCUT2D eigenvalue weighted by Gasteiger charge is 2.22. The lowest BCUT2D eigenvalue weighted by atomic mass is 10.1. The number of aromatic nitrogens is 2. The minimum atomic E-state index is -0.213. The number of benzene rings is 1. The van der Waals surface area contributed by atoms with Gasteiger partial charge in [0.05, 0.1) is 29.2 Å². The van der Waals surface area contributed by atoms with Crippen molar-refractivity contribution >= 4 is 33.1 Å². The lowest BCUT2D eigenvalue weighted by Crippen LogP contribution is -2.26. The second-order valence-corrected chi connectivity index (χ2v) is 7.84. The molecule has 2 aromatic heterocycles. The van der Waals surface area contributed by atoms with Gasteiger partial charge in [0.1, 0.15) is 4.83 Å². The summed E-state index contributed by atoms with van der Waals surface area (Å²) in [6, 6.07) is 7.61. The second-order valence-electron chi connectivity index (χ2n) is 6.84.